The molecule has 0 aromatic carbocycles. The Morgan fingerprint density at radius 1 is 1.41 bits per heavy atom. The Hall–Kier alpha value is -0.880. The Kier molecular flexibility index (Phi) is 4.17. The number of nitrogens with one attached hydrogen (secondary N) is 1. The number of hydrogen-bond acceptors (Lipinski definition) is 5. The number of nitrogen functional groups attached to an aromatic ring is 1. The van der Waals surface area contributed by atoms with Gasteiger partial charge in [-0.15, -0.1) is 0 Å². The van der Waals surface area contributed by atoms with E-state index in [1.165, 1.54) is 12.7 Å². The first-order valence-electron chi connectivity index (χ1n) is 5.83. The summed E-state index contributed by atoms with van der Waals surface area (Å²) >= 11 is 3.36. The predicted octanol–water partition coefficient (Wildman–Crippen LogP) is 1.64. The molecule has 0 saturated heterocycles. The van der Waals surface area contributed by atoms with E-state index in [9.17, 15) is 5.11 Å². The lowest BCUT2D eigenvalue weighted by Gasteiger charge is -2.18. The summed E-state index contributed by atoms with van der Waals surface area (Å²) < 4.78 is 0.707. The third-order valence-corrected chi connectivity index (χ3v) is 4.18. The fourth-order valence-corrected chi connectivity index (χ4v) is 2.70. The summed E-state index contributed by atoms with van der Waals surface area (Å²) in [5.41, 5.74) is 5.68. The molecule has 17 heavy (non-hydrogen) atoms. The van der Waals surface area contributed by atoms with Crippen LogP contribution in [-0.2, 0) is 0 Å². The molecule has 2 rings (SSSR count). The Labute approximate surface area is 109 Å². The van der Waals surface area contributed by atoms with E-state index in [1.807, 2.05) is 0 Å². The van der Waals surface area contributed by atoms with Crippen LogP contribution in [0.25, 0.3) is 0 Å². The van der Waals surface area contributed by atoms with Crippen LogP contribution < -0.4 is 11.1 Å². The molecule has 1 aliphatic rings. The van der Waals surface area contributed by atoms with Gasteiger partial charge in [0.2, 0.25) is 0 Å². The molecule has 1 aromatic rings. The van der Waals surface area contributed by atoms with Crippen molar-refractivity contribution in [3.8, 4) is 0 Å². The molecule has 1 saturated carbocycles. The van der Waals surface area contributed by atoms with Crippen LogP contribution in [0.5, 0.6) is 0 Å². The molecule has 1 heterocycles. The van der Waals surface area contributed by atoms with Crippen LogP contribution in [0.2, 0.25) is 0 Å². The summed E-state index contributed by atoms with van der Waals surface area (Å²) in [5.74, 6) is 2.09. The van der Waals surface area contributed by atoms with Crippen molar-refractivity contribution in [2.45, 2.75) is 19.3 Å². The number of nitrogens with two attached hydrogens (primary N) is 1. The van der Waals surface area contributed by atoms with Crippen LogP contribution in [0, 0.1) is 11.8 Å². The van der Waals surface area contributed by atoms with Gasteiger partial charge in [-0.05, 0) is 40.6 Å². The molecule has 0 spiro atoms. The van der Waals surface area contributed by atoms with Crippen molar-refractivity contribution < 1.29 is 5.11 Å². The smallest absolute Gasteiger partial charge is 0.145 e. The molecule has 2 atom stereocenters. The SMILES string of the molecule is Nc1ncnc(NCC2CCCC2CO)c1Br. The Morgan fingerprint density at radius 3 is 2.94 bits per heavy atom. The van der Waals surface area contributed by atoms with Crippen LogP contribution in [0.4, 0.5) is 11.6 Å². The summed E-state index contributed by atoms with van der Waals surface area (Å²) in [5, 5.41) is 12.5. The fraction of sp³-hybridized carbons (Fsp3) is 0.636. The second kappa shape index (κ2) is 5.64. The lowest BCUT2D eigenvalue weighted by molar-refractivity contribution is 0.199. The van der Waals surface area contributed by atoms with Gasteiger partial charge < -0.3 is 16.2 Å². The maximum Gasteiger partial charge on any atom is 0.145 e. The van der Waals surface area contributed by atoms with Gasteiger partial charge in [-0.3, -0.25) is 0 Å². The second-order valence-corrected chi connectivity index (χ2v) is 5.23. The van der Waals surface area contributed by atoms with Crippen molar-refractivity contribution in [1.82, 2.24) is 9.97 Å². The van der Waals surface area contributed by atoms with Gasteiger partial charge in [0.15, 0.2) is 0 Å². The summed E-state index contributed by atoms with van der Waals surface area (Å²) in [6.07, 6.45) is 4.93. The van der Waals surface area contributed by atoms with Gasteiger partial charge in [0, 0.05) is 13.2 Å². The number of aliphatic hydroxyl groups is 1. The van der Waals surface area contributed by atoms with E-state index >= 15 is 0 Å². The minimum Gasteiger partial charge on any atom is -0.396 e. The Morgan fingerprint density at radius 2 is 2.18 bits per heavy atom. The number of rotatable bonds is 4. The third kappa shape index (κ3) is 2.87. The van der Waals surface area contributed by atoms with Crippen molar-refractivity contribution in [2.75, 3.05) is 24.2 Å². The van der Waals surface area contributed by atoms with Gasteiger partial charge in [-0.25, -0.2) is 9.97 Å². The fourth-order valence-electron chi connectivity index (χ4n) is 2.36. The minimum absolute atomic E-state index is 0.277. The van der Waals surface area contributed by atoms with E-state index in [4.69, 9.17) is 5.73 Å². The van der Waals surface area contributed by atoms with Gasteiger partial charge in [0.25, 0.3) is 0 Å². The lowest BCUT2D eigenvalue weighted by atomic mass is 9.97. The highest BCUT2D eigenvalue weighted by Gasteiger charge is 2.26. The summed E-state index contributed by atoms with van der Waals surface area (Å²) in [7, 11) is 0. The van der Waals surface area contributed by atoms with Crippen LogP contribution in [-0.4, -0.2) is 28.2 Å². The maximum absolute atomic E-state index is 9.25. The highest BCUT2D eigenvalue weighted by molar-refractivity contribution is 9.10. The van der Waals surface area contributed by atoms with Crippen molar-refractivity contribution in [1.29, 1.82) is 0 Å². The van der Waals surface area contributed by atoms with E-state index in [-0.39, 0.29) is 6.61 Å². The Bertz CT molecular complexity index is 388. The van der Waals surface area contributed by atoms with E-state index < -0.39 is 0 Å². The van der Waals surface area contributed by atoms with Gasteiger partial charge in [-0.1, -0.05) is 6.42 Å². The highest BCUT2D eigenvalue weighted by atomic mass is 79.9. The average molecular weight is 301 g/mol. The molecule has 1 fully saturated rings. The molecular weight excluding hydrogens is 284 g/mol. The zero-order valence-electron chi connectivity index (χ0n) is 9.56. The molecule has 1 aromatic heterocycles. The third-order valence-electron chi connectivity index (χ3n) is 3.40. The number of aromatic nitrogens is 2. The molecule has 0 radical (unpaired) electrons. The first-order valence-corrected chi connectivity index (χ1v) is 6.62. The minimum atomic E-state index is 0.277. The molecule has 0 aliphatic heterocycles. The van der Waals surface area contributed by atoms with Crippen molar-refractivity contribution >= 4 is 27.6 Å². The first-order chi connectivity index (χ1) is 8.22. The number of halogens is 1. The predicted molar refractivity (Wildman–Crippen MR) is 70.6 cm³/mol. The van der Waals surface area contributed by atoms with E-state index in [0.717, 1.165) is 25.2 Å². The quantitative estimate of drug-likeness (QED) is 0.787. The van der Waals surface area contributed by atoms with Crippen LogP contribution in [0.15, 0.2) is 10.8 Å². The second-order valence-electron chi connectivity index (χ2n) is 4.44. The topological polar surface area (TPSA) is 84.1 Å². The molecular formula is C11H17BrN4O. The van der Waals surface area contributed by atoms with Crippen LogP contribution >= 0.6 is 15.9 Å². The molecule has 0 amide bonds. The van der Waals surface area contributed by atoms with Gasteiger partial charge in [-0.2, -0.15) is 0 Å². The molecule has 94 valence electrons. The van der Waals surface area contributed by atoms with E-state index in [1.54, 1.807) is 0 Å². The maximum atomic E-state index is 9.25. The van der Waals surface area contributed by atoms with E-state index in [2.05, 4.69) is 31.2 Å². The monoisotopic (exact) mass is 300 g/mol. The van der Waals surface area contributed by atoms with Crippen molar-refractivity contribution in [2.24, 2.45) is 11.8 Å². The van der Waals surface area contributed by atoms with Crippen molar-refractivity contribution in [3.63, 3.8) is 0 Å². The number of anilines is 2. The number of nitrogens with zero attached hydrogens (tertiary/aromatic N) is 2. The van der Waals surface area contributed by atoms with E-state index in [0.29, 0.717) is 22.1 Å². The first kappa shape index (κ1) is 12.6. The standard InChI is InChI=1S/C11H17BrN4O/c12-9-10(13)15-6-16-11(9)14-4-7-2-1-3-8(7)5-17/h6-8,17H,1-5H2,(H3,13,14,15,16). The zero-order chi connectivity index (χ0) is 12.3. The summed E-state index contributed by atoms with van der Waals surface area (Å²) in [6, 6.07) is 0. The lowest BCUT2D eigenvalue weighted by Crippen LogP contribution is -2.21. The molecule has 1 aliphatic carbocycles. The molecule has 5 nitrogen and oxygen atoms in total. The highest BCUT2D eigenvalue weighted by Crippen LogP contribution is 2.32. The summed E-state index contributed by atoms with van der Waals surface area (Å²) in [6.45, 7) is 1.10. The van der Waals surface area contributed by atoms with Gasteiger partial charge in [0.05, 0.1) is 0 Å². The van der Waals surface area contributed by atoms with Gasteiger partial charge >= 0.3 is 0 Å². The molecule has 4 N–H and O–H groups in total. The number of hydrogen-bond donors (Lipinski definition) is 3. The molecule has 0 bridgehead atoms. The van der Waals surface area contributed by atoms with Crippen LogP contribution in [0.1, 0.15) is 19.3 Å². The van der Waals surface area contributed by atoms with Crippen molar-refractivity contribution in [3.05, 3.63) is 10.8 Å². The molecule has 2 unspecified atom stereocenters. The normalized spacial score (nSPS) is 23.9. The summed E-state index contributed by atoms with van der Waals surface area (Å²) in [4.78, 5) is 8.03. The van der Waals surface area contributed by atoms with Crippen LogP contribution in [0.3, 0.4) is 0 Å². The number of aliphatic hydroxyl groups excluding tert-OH is 1. The molecule has 6 heteroatoms. The van der Waals surface area contributed by atoms with Gasteiger partial charge in [0.1, 0.15) is 22.4 Å². The average Bonchev–Trinajstić information content (AvgIpc) is 2.78. The largest absolute Gasteiger partial charge is 0.396 e. The Balaban J connectivity index is 1.95. The zero-order valence-corrected chi connectivity index (χ0v) is 11.2.